The molecule has 0 bridgehead atoms. The third-order valence-corrected chi connectivity index (χ3v) is 26.8. The van der Waals surface area contributed by atoms with Crippen LogP contribution in [0.1, 0.15) is 125 Å². The van der Waals surface area contributed by atoms with Gasteiger partial charge in [-0.05, 0) is 241 Å². The number of nitrogens with one attached hydrogen (secondary N) is 6. The van der Waals surface area contributed by atoms with E-state index < -0.39 is 45.7 Å². The third-order valence-electron chi connectivity index (χ3n) is 18.4. The summed E-state index contributed by atoms with van der Waals surface area (Å²) in [4.78, 5) is 13.1. The van der Waals surface area contributed by atoms with Gasteiger partial charge < -0.3 is 41.2 Å². The number of anilines is 6. The van der Waals surface area contributed by atoms with E-state index in [9.17, 15) is 25.3 Å². The molecule has 0 atom stereocenters. The average Bonchev–Trinajstić information content (AvgIpc) is 1.66. The van der Waals surface area contributed by atoms with Crippen molar-refractivity contribution in [3.8, 4) is 0 Å². The van der Waals surface area contributed by atoms with E-state index in [1.165, 1.54) is 89.0 Å². The molecule has 0 amide bonds. The third kappa shape index (κ3) is 17.8. The standard InChI is InChI=1S/C24H39N5O3SSi.C23H36N4O4SSi.C18H25N5O2S/c1-25-12-7-14-33(30,31)24-27-23(28-29(24)17-32-13-15-34(2,3)4)26-22-20-10-5-8-18(20)16-19-9-6-11-21(19)22;1-33(2,3)14-12-31-16-27-23(32(29,30)13-6-11-28)25-22(26-27)24-21-19-9-4-7-17(19)15-18-8-5-10-20(18)21;1-19-9-4-10-26(24,25)18-21-17(22-23-18)20-16-14-7-2-5-12(14)11-13-6-3-8-15(13)16/h16,25H,5-15,17H2,1-4H3,(H,26,28);15,28H,4-14,16H2,1-3H3,(H,24,26);11,19H,2-10H2,1H3,(H2,20,21,22,23). The fourth-order valence-corrected chi connectivity index (χ4v) is 18.9. The summed E-state index contributed by atoms with van der Waals surface area (Å²) in [6, 6.07) is 9.11. The normalized spacial score (nSPS) is 15.7. The lowest BCUT2D eigenvalue weighted by Gasteiger charge is -2.15. The molecule has 0 aliphatic heterocycles. The van der Waals surface area contributed by atoms with Crippen LogP contribution < -0.4 is 26.6 Å². The highest BCUT2D eigenvalue weighted by Gasteiger charge is 2.32. The predicted octanol–water partition coefficient (Wildman–Crippen LogP) is 9.07. The first-order chi connectivity index (χ1) is 44.4. The highest BCUT2D eigenvalue weighted by atomic mass is 32.2. The maximum absolute atomic E-state index is 13.1. The Morgan fingerprint density at radius 2 is 0.806 bits per heavy atom. The van der Waals surface area contributed by atoms with Crippen molar-refractivity contribution >= 4 is 80.6 Å². The number of rotatable bonds is 30. The van der Waals surface area contributed by atoms with Gasteiger partial charge in [-0.3, -0.25) is 0 Å². The molecule has 0 saturated carbocycles. The van der Waals surface area contributed by atoms with Crippen LogP contribution in [0.2, 0.25) is 51.4 Å². The van der Waals surface area contributed by atoms with Crippen molar-refractivity contribution in [2.45, 2.75) is 215 Å². The lowest BCUT2D eigenvalue weighted by atomic mass is 9.99. The number of aliphatic hydroxyl groups is 1. The van der Waals surface area contributed by atoms with Gasteiger partial charge in [0.15, 0.2) is 0 Å². The lowest BCUT2D eigenvalue weighted by Crippen LogP contribution is -2.23. The number of hydrogen-bond donors (Lipinski definition) is 7. The number of ether oxygens (including phenoxy) is 2. The number of aromatic nitrogens is 9. The Labute approximate surface area is 552 Å². The van der Waals surface area contributed by atoms with E-state index in [0.29, 0.717) is 57.0 Å². The summed E-state index contributed by atoms with van der Waals surface area (Å²) in [5.74, 6) is 0.880. The Kier molecular flexibility index (Phi) is 23.3. The molecule has 28 heteroatoms. The van der Waals surface area contributed by atoms with Crippen molar-refractivity contribution in [1.29, 1.82) is 0 Å². The van der Waals surface area contributed by atoms with E-state index in [1.54, 1.807) is 7.05 Å². The Hall–Kier alpha value is -5.44. The Morgan fingerprint density at radius 1 is 0.473 bits per heavy atom. The number of H-pyrrole nitrogens is 1. The van der Waals surface area contributed by atoms with Gasteiger partial charge in [-0.25, -0.2) is 39.7 Å². The van der Waals surface area contributed by atoms with Crippen LogP contribution in [0, 0.1) is 0 Å². The maximum atomic E-state index is 13.1. The zero-order chi connectivity index (χ0) is 66.1. The van der Waals surface area contributed by atoms with Gasteiger partial charge >= 0.3 is 0 Å². The second-order valence-electron chi connectivity index (χ2n) is 28.1. The van der Waals surface area contributed by atoms with Crippen LogP contribution in [0.4, 0.5) is 34.9 Å². The minimum Gasteiger partial charge on any atom is -0.396 e. The number of benzene rings is 3. The monoisotopic (exact) mass is 1370 g/mol. The topological polar surface area (TPSA) is 304 Å². The molecule has 93 heavy (non-hydrogen) atoms. The van der Waals surface area contributed by atoms with Crippen molar-refractivity contribution in [2.24, 2.45) is 0 Å². The van der Waals surface area contributed by atoms with E-state index in [2.05, 4.69) is 119 Å². The number of nitrogens with zero attached hydrogens (tertiary/aromatic N) is 8. The summed E-state index contributed by atoms with van der Waals surface area (Å²) in [7, 11) is -9.59. The molecule has 3 aromatic carbocycles. The molecule has 0 unspecified atom stereocenters. The quantitative estimate of drug-likeness (QED) is 0.0163. The number of sulfone groups is 3. The first kappa shape index (κ1) is 70.4. The molecule has 0 radical (unpaired) electrons. The molecule has 0 spiro atoms. The zero-order valence-electron chi connectivity index (χ0n) is 56.1. The Bertz CT molecular complexity index is 3860. The molecular formula is C65H100N14O9S3Si2. The molecule has 3 heterocycles. The molecule has 6 aromatic rings. The van der Waals surface area contributed by atoms with E-state index in [4.69, 9.17) is 14.6 Å². The average molecular weight is 1370 g/mol. The second-order valence-corrected chi connectivity index (χ2v) is 45.4. The van der Waals surface area contributed by atoms with Gasteiger partial charge in [-0.15, -0.1) is 15.3 Å². The van der Waals surface area contributed by atoms with Crippen LogP contribution in [-0.2, 0) is 129 Å². The molecule has 510 valence electrons. The van der Waals surface area contributed by atoms with Crippen molar-refractivity contribution < 1.29 is 39.8 Å². The van der Waals surface area contributed by atoms with Gasteiger partial charge in [0.25, 0.3) is 0 Å². The largest absolute Gasteiger partial charge is 0.396 e. The minimum atomic E-state index is -3.70. The van der Waals surface area contributed by atoms with Gasteiger partial charge in [0.05, 0.1) is 17.3 Å². The smallest absolute Gasteiger partial charge is 0.249 e. The summed E-state index contributed by atoms with van der Waals surface area (Å²) >= 11 is 0. The summed E-state index contributed by atoms with van der Waals surface area (Å²) in [5, 5.41) is 40.9. The van der Waals surface area contributed by atoms with Gasteiger partial charge in [0, 0.05) is 53.0 Å². The van der Waals surface area contributed by atoms with Crippen LogP contribution in [-0.4, -0.2) is 155 Å². The van der Waals surface area contributed by atoms with Crippen molar-refractivity contribution in [3.05, 3.63) is 85.0 Å². The lowest BCUT2D eigenvalue weighted by molar-refractivity contribution is 0.0715. The Balaban J connectivity index is 0.000000154. The SMILES string of the molecule is CNCCCS(=O)(=O)c1nc(Nc2c3c(cc4c2CCC4)CCC3)n[nH]1.CNCCCS(=O)(=O)c1nc(Nc2c3c(cc4c2CCC4)CCC3)nn1COCC[Si](C)(C)C.C[Si](C)(C)CCOCn1nc(Nc2c3c(cc4c2CCC4)CCC3)nc1S(=O)(=O)CCCO. The summed E-state index contributed by atoms with van der Waals surface area (Å²) in [6.45, 7) is 16.1. The predicted molar refractivity (Wildman–Crippen MR) is 371 cm³/mol. The molecule has 7 N–H and O–H groups in total. The highest BCUT2D eigenvalue weighted by Crippen LogP contribution is 2.43. The van der Waals surface area contributed by atoms with E-state index >= 15 is 0 Å². The van der Waals surface area contributed by atoms with Crippen LogP contribution >= 0.6 is 0 Å². The fourth-order valence-electron chi connectivity index (χ4n) is 13.5. The second kappa shape index (κ2) is 30.7. The summed E-state index contributed by atoms with van der Waals surface area (Å²) in [5.41, 5.74) is 19.8. The highest BCUT2D eigenvalue weighted by molar-refractivity contribution is 7.91. The molecule has 12 rings (SSSR count). The molecule has 3 aromatic heterocycles. The maximum Gasteiger partial charge on any atom is 0.249 e. The van der Waals surface area contributed by atoms with Gasteiger partial charge in [0.1, 0.15) is 13.5 Å². The van der Waals surface area contributed by atoms with E-state index in [1.807, 2.05) is 7.05 Å². The van der Waals surface area contributed by atoms with E-state index in [-0.39, 0.29) is 59.2 Å². The van der Waals surface area contributed by atoms with Crippen molar-refractivity contribution in [3.63, 3.8) is 0 Å². The molecular weight excluding hydrogens is 1270 g/mol. The first-order valence-electron chi connectivity index (χ1n) is 33.8. The van der Waals surface area contributed by atoms with Crippen LogP contribution in [0.3, 0.4) is 0 Å². The summed E-state index contributed by atoms with van der Waals surface area (Å²) in [6.07, 6.45) is 21.0. The molecule has 0 fully saturated rings. The fraction of sp³-hybridized carbons (Fsp3) is 0.631. The van der Waals surface area contributed by atoms with Crippen LogP contribution in [0.5, 0.6) is 0 Å². The molecule has 6 aliphatic carbocycles. The number of aryl methyl sites for hydroxylation is 6. The first-order valence-corrected chi connectivity index (χ1v) is 46.2. The minimum absolute atomic E-state index is 0.0108. The van der Waals surface area contributed by atoms with Crippen molar-refractivity contribution in [2.75, 3.05) is 80.2 Å². The summed E-state index contributed by atoms with van der Waals surface area (Å²) < 4.78 is 91.3. The van der Waals surface area contributed by atoms with Gasteiger partial charge in [-0.2, -0.15) is 15.0 Å². The van der Waals surface area contributed by atoms with E-state index in [0.717, 1.165) is 132 Å². The number of aliphatic hydroxyl groups excluding tert-OH is 1. The molecule has 6 aliphatic rings. The number of hydrogen-bond acceptors (Lipinski definition) is 20. The molecule has 23 nitrogen and oxygen atoms in total. The zero-order valence-corrected chi connectivity index (χ0v) is 60.5. The van der Waals surface area contributed by atoms with Crippen LogP contribution in [0.25, 0.3) is 0 Å². The van der Waals surface area contributed by atoms with Gasteiger partial charge in [-0.1, -0.05) is 57.5 Å². The number of fused-ring (bicyclic) bond motifs is 6. The van der Waals surface area contributed by atoms with Gasteiger partial charge in [0.2, 0.25) is 62.8 Å². The molecule has 0 saturated heterocycles. The van der Waals surface area contributed by atoms with Crippen LogP contribution in [0.15, 0.2) is 33.7 Å². The van der Waals surface area contributed by atoms with Crippen molar-refractivity contribution in [1.82, 2.24) is 55.3 Å². The number of aromatic amines is 1. The Morgan fingerprint density at radius 3 is 1.14 bits per heavy atom.